The van der Waals surface area contributed by atoms with Crippen LogP contribution in [0.3, 0.4) is 0 Å². The Kier molecular flexibility index (Phi) is 6.39. The van der Waals surface area contributed by atoms with Crippen molar-refractivity contribution in [1.82, 2.24) is 10.6 Å². The molecule has 2 rings (SSSR count). The van der Waals surface area contributed by atoms with Crippen LogP contribution in [0.15, 0.2) is 0 Å². The van der Waals surface area contributed by atoms with E-state index in [1.807, 2.05) is 0 Å². The fourth-order valence-corrected chi connectivity index (χ4v) is 2.67. The van der Waals surface area contributed by atoms with Gasteiger partial charge in [0.05, 0.1) is 12.5 Å². The molecule has 1 unspecified atom stereocenters. The third kappa shape index (κ3) is 4.75. The molecule has 0 aromatic rings. The van der Waals surface area contributed by atoms with E-state index in [9.17, 15) is 4.79 Å². The maximum Gasteiger partial charge on any atom is 0.223 e. The number of carbonyl (C=O) groups excluding carboxylic acids is 1. The van der Waals surface area contributed by atoms with Crippen molar-refractivity contribution in [3.63, 3.8) is 0 Å². The molecule has 0 aromatic carbocycles. The summed E-state index contributed by atoms with van der Waals surface area (Å²) in [5.74, 6) is 0.154. The van der Waals surface area contributed by atoms with Gasteiger partial charge in [0.15, 0.2) is 0 Å². The summed E-state index contributed by atoms with van der Waals surface area (Å²) in [5, 5.41) is 6.50. The summed E-state index contributed by atoms with van der Waals surface area (Å²) in [4.78, 5) is 12.0. The molecular weight excluding hydrogens is 252 g/mol. The van der Waals surface area contributed by atoms with Crippen LogP contribution in [0.1, 0.15) is 45.4 Å². The summed E-state index contributed by atoms with van der Waals surface area (Å²) in [5.41, 5.74) is -0.0169. The monoisotopic (exact) mass is 276 g/mol. The first-order valence-corrected chi connectivity index (χ1v) is 6.81. The van der Waals surface area contributed by atoms with Crippen molar-refractivity contribution in [2.45, 2.75) is 57.1 Å². The fourth-order valence-electron chi connectivity index (χ4n) is 2.67. The minimum Gasteiger partial charge on any atom is -0.378 e. The summed E-state index contributed by atoms with van der Waals surface area (Å²) in [6.07, 6.45) is 6.08. The van der Waals surface area contributed by atoms with Gasteiger partial charge < -0.3 is 15.4 Å². The third-order valence-electron chi connectivity index (χ3n) is 3.84. The molecule has 0 aliphatic carbocycles. The molecule has 2 aliphatic rings. The molecule has 2 aliphatic heterocycles. The van der Waals surface area contributed by atoms with E-state index in [1.54, 1.807) is 0 Å². The number of hydrogen-bond donors (Lipinski definition) is 2. The molecule has 2 fully saturated rings. The van der Waals surface area contributed by atoms with Gasteiger partial charge in [0.1, 0.15) is 0 Å². The van der Waals surface area contributed by atoms with Crippen LogP contribution in [0.4, 0.5) is 0 Å². The zero-order chi connectivity index (χ0) is 12.1. The van der Waals surface area contributed by atoms with E-state index < -0.39 is 0 Å². The fraction of sp³-hybridized carbons (Fsp3) is 0.923. The second-order valence-electron chi connectivity index (χ2n) is 5.55. The van der Waals surface area contributed by atoms with Crippen molar-refractivity contribution in [2.24, 2.45) is 0 Å². The van der Waals surface area contributed by atoms with Gasteiger partial charge in [-0.2, -0.15) is 0 Å². The lowest BCUT2D eigenvalue weighted by molar-refractivity contribution is -0.126. The Hall–Kier alpha value is -0.320. The molecule has 18 heavy (non-hydrogen) atoms. The lowest BCUT2D eigenvalue weighted by Gasteiger charge is -2.35. The minimum absolute atomic E-state index is 0. The molecule has 2 N–H and O–H groups in total. The minimum atomic E-state index is -0.0169. The smallest absolute Gasteiger partial charge is 0.223 e. The Bertz CT molecular complexity index is 262. The average Bonchev–Trinajstić information content (AvgIpc) is 2.30. The normalized spacial score (nSPS) is 27.1. The van der Waals surface area contributed by atoms with Crippen molar-refractivity contribution < 1.29 is 9.53 Å². The number of ether oxygens (including phenoxy) is 1. The number of hydrogen-bond acceptors (Lipinski definition) is 3. The topological polar surface area (TPSA) is 50.4 Å². The van der Waals surface area contributed by atoms with E-state index in [2.05, 4.69) is 17.6 Å². The van der Waals surface area contributed by atoms with Gasteiger partial charge in [0.25, 0.3) is 0 Å². The number of rotatable bonds is 3. The Morgan fingerprint density at radius 2 is 2.11 bits per heavy atom. The Morgan fingerprint density at radius 3 is 2.72 bits per heavy atom. The molecule has 1 atom stereocenters. The molecule has 106 valence electrons. The van der Waals surface area contributed by atoms with Crippen LogP contribution in [0.25, 0.3) is 0 Å². The zero-order valence-electron chi connectivity index (χ0n) is 11.2. The second-order valence-corrected chi connectivity index (χ2v) is 5.55. The summed E-state index contributed by atoms with van der Waals surface area (Å²) in [6.45, 7) is 4.96. The van der Waals surface area contributed by atoms with Crippen LogP contribution in [0.2, 0.25) is 0 Å². The maximum absolute atomic E-state index is 12.0. The SMILES string of the molecule is CC1(NC(=O)CC2CCCCO2)CCNCC1.Cl. The summed E-state index contributed by atoms with van der Waals surface area (Å²) in [7, 11) is 0. The standard InChI is InChI=1S/C13H24N2O2.ClH/c1-13(5-7-14-8-6-13)15-12(16)10-11-4-2-3-9-17-11;/h11,14H,2-10H2,1H3,(H,15,16);1H. The first kappa shape index (κ1) is 15.7. The van der Waals surface area contributed by atoms with Crippen LogP contribution in [0.5, 0.6) is 0 Å². The molecule has 0 aromatic heterocycles. The number of amides is 1. The van der Waals surface area contributed by atoms with E-state index in [1.165, 1.54) is 6.42 Å². The van der Waals surface area contributed by atoms with E-state index >= 15 is 0 Å². The van der Waals surface area contributed by atoms with Gasteiger partial charge in [-0.1, -0.05) is 0 Å². The maximum atomic E-state index is 12.0. The second kappa shape index (κ2) is 7.31. The molecule has 5 heteroatoms. The van der Waals surface area contributed by atoms with Crippen LogP contribution in [0, 0.1) is 0 Å². The third-order valence-corrected chi connectivity index (χ3v) is 3.84. The lowest BCUT2D eigenvalue weighted by atomic mass is 9.90. The van der Waals surface area contributed by atoms with Gasteiger partial charge in [-0.3, -0.25) is 4.79 Å². The number of nitrogens with one attached hydrogen (secondary N) is 2. The molecule has 0 radical (unpaired) electrons. The van der Waals surface area contributed by atoms with Crippen molar-refractivity contribution in [1.29, 1.82) is 0 Å². The largest absolute Gasteiger partial charge is 0.378 e. The van der Waals surface area contributed by atoms with Crippen molar-refractivity contribution in [3.05, 3.63) is 0 Å². The van der Waals surface area contributed by atoms with Gasteiger partial charge in [0.2, 0.25) is 5.91 Å². The van der Waals surface area contributed by atoms with Gasteiger partial charge in [-0.05, 0) is 52.1 Å². The van der Waals surface area contributed by atoms with Gasteiger partial charge >= 0.3 is 0 Å². The van der Waals surface area contributed by atoms with Crippen molar-refractivity contribution in [2.75, 3.05) is 19.7 Å². The molecule has 0 spiro atoms. The molecule has 1 amide bonds. The first-order valence-electron chi connectivity index (χ1n) is 6.81. The molecule has 0 saturated carbocycles. The zero-order valence-corrected chi connectivity index (χ0v) is 12.0. The number of piperidine rings is 1. The Balaban J connectivity index is 0.00000162. The van der Waals surface area contributed by atoms with Crippen LogP contribution in [-0.4, -0.2) is 37.2 Å². The molecule has 4 nitrogen and oxygen atoms in total. The molecule has 2 saturated heterocycles. The molecule has 2 heterocycles. The Labute approximate surface area is 116 Å². The van der Waals surface area contributed by atoms with Crippen LogP contribution < -0.4 is 10.6 Å². The molecule has 0 bridgehead atoms. The van der Waals surface area contributed by atoms with Crippen molar-refractivity contribution in [3.8, 4) is 0 Å². The van der Waals surface area contributed by atoms with Gasteiger partial charge in [-0.25, -0.2) is 0 Å². The predicted octanol–water partition coefficient (Wildman–Crippen LogP) is 1.63. The highest BCUT2D eigenvalue weighted by atomic mass is 35.5. The lowest BCUT2D eigenvalue weighted by Crippen LogP contribution is -2.52. The van der Waals surface area contributed by atoms with Gasteiger partial charge in [0, 0.05) is 12.1 Å². The molecular formula is C13H25ClN2O2. The highest BCUT2D eigenvalue weighted by Crippen LogP contribution is 2.19. The summed E-state index contributed by atoms with van der Waals surface area (Å²) >= 11 is 0. The van der Waals surface area contributed by atoms with Gasteiger partial charge in [-0.15, -0.1) is 12.4 Å². The highest BCUT2D eigenvalue weighted by Gasteiger charge is 2.29. The highest BCUT2D eigenvalue weighted by molar-refractivity contribution is 5.85. The predicted molar refractivity (Wildman–Crippen MR) is 74.1 cm³/mol. The summed E-state index contributed by atoms with van der Waals surface area (Å²) < 4.78 is 5.60. The van der Waals surface area contributed by atoms with E-state index in [0.717, 1.165) is 45.4 Å². The summed E-state index contributed by atoms with van der Waals surface area (Å²) in [6, 6.07) is 0. The number of carbonyl (C=O) groups is 1. The number of halogens is 1. The van der Waals surface area contributed by atoms with Crippen LogP contribution >= 0.6 is 12.4 Å². The van der Waals surface area contributed by atoms with E-state index in [0.29, 0.717) is 6.42 Å². The first-order chi connectivity index (χ1) is 8.18. The quantitative estimate of drug-likeness (QED) is 0.824. The van der Waals surface area contributed by atoms with E-state index in [4.69, 9.17) is 4.74 Å². The Morgan fingerprint density at radius 1 is 1.39 bits per heavy atom. The van der Waals surface area contributed by atoms with Crippen LogP contribution in [-0.2, 0) is 9.53 Å². The van der Waals surface area contributed by atoms with E-state index in [-0.39, 0.29) is 30.0 Å². The van der Waals surface area contributed by atoms with Crippen molar-refractivity contribution >= 4 is 18.3 Å². The average molecular weight is 277 g/mol.